The molecular formula is C19H24N2O3. The third kappa shape index (κ3) is 3.96. The van der Waals surface area contributed by atoms with Crippen molar-refractivity contribution in [3.8, 4) is 5.75 Å². The minimum Gasteiger partial charge on any atom is -0.493 e. The molecule has 2 aliphatic rings. The quantitative estimate of drug-likeness (QED) is 0.862. The molecule has 1 N–H and O–H groups in total. The average Bonchev–Trinajstić information content (AvgIpc) is 3.07. The SMILES string of the molecule is C[C@H](NC(=O)/C=C/c1ccc2c(c1)CCO2)C(=O)N1CCCCC1. The van der Waals surface area contributed by atoms with Gasteiger partial charge in [0, 0.05) is 25.6 Å². The Labute approximate surface area is 142 Å². The molecule has 0 spiro atoms. The van der Waals surface area contributed by atoms with Crippen LogP contribution in [0.25, 0.3) is 6.08 Å². The van der Waals surface area contributed by atoms with E-state index in [2.05, 4.69) is 5.32 Å². The average molecular weight is 328 g/mol. The van der Waals surface area contributed by atoms with Crippen molar-refractivity contribution in [3.05, 3.63) is 35.4 Å². The van der Waals surface area contributed by atoms with E-state index >= 15 is 0 Å². The number of piperidine rings is 1. The maximum atomic E-state index is 12.3. The summed E-state index contributed by atoms with van der Waals surface area (Å²) in [5.74, 6) is 0.688. The van der Waals surface area contributed by atoms with Gasteiger partial charge in [-0.2, -0.15) is 0 Å². The number of nitrogens with zero attached hydrogens (tertiary/aromatic N) is 1. The zero-order valence-electron chi connectivity index (χ0n) is 14.1. The van der Waals surface area contributed by atoms with Gasteiger partial charge in [-0.15, -0.1) is 0 Å². The number of nitrogens with one attached hydrogen (secondary N) is 1. The molecule has 1 aromatic carbocycles. The van der Waals surface area contributed by atoms with Gasteiger partial charge in [0.25, 0.3) is 0 Å². The second-order valence-corrected chi connectivity index (χ2v) is 6.42. The Morgan fingerprint density at radius 1 is 1.25 bits per heavy atom. The van der Waals surface area contributed by atoms with Gasteiger partial charge < -0.3 is 15.0 Å². The molecule has 24 heavy (non-hydrogen) atoms. The van der Waals surface area contributed by atoms with Crippen LogP contribution in [0, 0.1) is 0 Å². The molecule has 3 rings (SSSR count). The summed E-state index contributed by atoms with van der Waals surface area (Å²) in [6, 6.07) is 5.40. The number of amides is 2. The van der Waals surface area contributed by atoms with Gasteiger partial charge in [-0.3, -0.25) is 9.59 Å². The van der Waals surface area contributed by atoms with Gasteiger partial charge >= 0.3 is 0 Å². The highest BCUT2D eigenvalue weighted by Crippen LogP contribution is 2.26. The van der Waals surface area contributed by atoms with E-state index in [4.69, 9.17) is 4.74 Å². The van der Waals surface area contributed by atoms with Crippen molar-refractivity contribution in [2.75, 3.05) is 19.7 Å². The Bertz CT molecular complexity index is 648. The minimum absolute atomic E-state index is 0.00568. The smallest absolute Gasteiger partial charge is 0.244 e. The number of fused-ring (bicyclic) bond motifs is 1. The van der Waals surface area contributed by atoms with E-state index in [0.717, 1.165) is 50.3 Å². The highest BCUT2D eigenvalue weighted by atomic mass is 16.5. The normalized spacial score (nSPS) is 18.1. The molecule has 128 valence electrons. The van der Waals surface area contributed by atoms with E-state index in [1.807, 2.05) is 23.1 Å². The topological polar surface area (TPSA) is 58.6 Å². The van der Waals surface area contributed by atoms with Gasteiger partial charge in [0.2, 0.25) is 11.8 Å². The molecule has 0 aliphatic carbocycles. The van der Waals surface area contributed by atoms with Crippen molar-refractivity contribution in [2.24, 2.45) is 0 Å². The molecule has 2 heterocycles. The lowest BCUT2D eigenvalue weighted by atomic mass is 10.1. The first-order valence-corrected chi connectivity index (χ1v) is 8.66. The van der Waals surface area contributed by atoms with E-state index < -0.39 is 6.04 Å². The summed E-state index contributed by atoms with van der Waals surface area (Å²) in [4.78, 5) is 26.2. The fourth-order valence-corrected chi connectivity index (χ4v) is 3.19. The number of carbonyl (C=O) groups excluding carboxylic acids is 2. The van der Waals surface area contributed by atoms with Crippen molar-refractivity contribution < 1.29 is 14.3 Å². The first-order chi connectivity index (χ1) is 11.6. The van der Waals surface area contributed by atoms with Crippen LogP contribution in [0.2, 0.25) is 0 Å². The molecule has 0 unspecified atom stereocenters. The summed E-state index contributed by atoms with van der Waals surface area (Å²) >= 11 is 0. The zero-order chi connectivity index (χ0) is 16.9. The minimum atomic E-state index is -0.492. The van der Waals surface area contributed by atoms with Crippen LogP contribution in [0.1, 0.15) is 37.3 Å². The fourth-order valence-electron chi connectivity index (χ4n) is 3.19. The Kier molecular flexibility index (Phi) is 5.18. The molecule has 5 nitrogen and oxygen atoms in total. The summed E-state index contributed by atoms with van der Waals surface area (Å²) in [5.41, 5.74) is 2.13. The zero-order valence-corrected chi connectivity index (χ0v) is 14.1. The molecule has 0 radical (unpaired) electrons. The standard InChI is InChI=1S/C19H24N2O3/c1-14(19(23)21-10-3-2-4-11-21)20-18(22)8-6-15-5-7-17-16(13-15)9-12-24-17/h5-8,13-14H,2-4,9-12H2,1H3,(H,20,22)/b8-6+/t14-/m0/s1. The van der Waals surface area contributed by atoms with Gasteiger partial charge in [0.05, 0.1) is 6.61 Å². The van der Waals surface area contributed by atoms with E-state index in [-0.39, 0.29) is 11.8 Å². The second-order valence-electron chi connectivity index (χ2n) is 6.42. The first kappa shape index (κ1) is 16.6. The number of rotatable bonds is 4. The largest absolute Gasteiger partial charge is 0.493 e. The third-order valence-electron chi connectivity index (χ3n) is 4.54. The van der Waals surface area contributed by atoms with E-state index in [1.54, 1.807) is 13.0 Å². The maximum absolute atomic E-state index is 12.3. The van der Waals surface area contributed by atoms with Crippen LogP contribution in [0.15, 0.2) is 24.3 Å². The van der Waals surface area contributed by atoms with Crippen LogP contribution in [0.3, 0.4) is 0 Å². The van der Waals surface area contributed by atoms with Crippen molar-refractivity contribution in [1.82, 2.24) is 10.2 Å². The van der Waals surface area contributed by atoms with E-state index in [0.29, 0.717) is 0 Å². The van der Waals surface area contributed by atoms with Crippen LogP contribution >= 0.6 is 0 Å². The van der Waals surface area contributed by atoms with Gasteiger partial charge in [0.15, 0.2) is 0 Å². The number of hydrogen-bond acceptors (Lipinski definition) is 3. The summed E-state index contributed by atoms with van der Waals surface area (Å²) in [7, 11) is 0. The lowest BCUT2D eigenvalue weighted by Gasteiger charge is -2.29. The Hall–Kier alpha value is -2.30. The third-order valence-corrected chi connectivity index (χ3v) is 4.54. The van der Waals surface area contributed by atoms with Crippen LogP contribution < -0.4 is 10.1 Å². The molecule has 2 aliphatic heterocycles. The summed E-state index contributed by atoms with van der Waals surface area (Å²) < 4.78 is 5.47. The lowest BCUT2D eigenvalue weighted by molar-refractivity contribution is -0.135. The van der Waals surface area contributed by atoms with Crippen LogP contribution in [0.4, 0.5) is 0 Å². The van der Waals surface area contributed by atoms with Crippen LogP contribution in [0.5, 0.6) is 5.75 Å². The van der Waals surface area contributed by atoms with Crippen molar-refractivity contribution in [1.29, 1.82) is 0 Å². The van der Waals surface area contributed by atoms with Gasteiger partial charge in [-0.1, -0.05) is 6.07 Å². The Morgan fingerprint density at radius 3 is 2.83 bits per heavy atom. The van der Waals surface area contributed by atoms with E-state index in [9.17, 15) is 9.59 Å². The van der Waals surface area contributed by atoms with Gasteiger partial charge in [-0.25, -0.2) is 0 Å². The van der Waals surface area contributed by atoms with Crippen LogP contribution in [-0.4, -0.2) is 42.5 Å². The predicted molar refractivity (Wildman–Crippen MR) is 92.7 cm³/mol. The second kappa shape index (κ2) is 7.51. The number of likely N-dealkylation sites (tertiary alicyclic amines) is 1. The highest BCUT2D eigenvalue weighted by molar-refractivity contribution is 5.95. The molecule has 0 bridgehead atoms. The van der Waals surface area contributed by atoms with Crippen LogP contribution in [-0.2, 0) is 16.0 Å². The lowest BCUT2D eigenvalue weighted by Crippen LogP contribution is -2.48. The Morgan fingerprint density at radius 2 is 2.04 bits per heavy atom. The number of hydrogen-bond donors (Lipinski definition) is 1. The molecule has 1 atom stereocenters. The molecule has 1 aromatic rings. The van der Waals surface area contributed by atoms with Crippen molar-refractivity contribution >= 4 is 17.9 Å². The number of benzene rings is 1. The maximum Gasteiger partial charge on any atom is 0.244 e. The summed E-state index contributed by atoms with van der Waals surface area (Å²) in [5, 5.41) is 2.76. The van der Waals surface area contributed by atoms with Gasteiger partial charge in [-0.05, 0) is 55.5 Å². The Balaban J connectivity index is 1.53. The summed E-state index contributed by atoms with van der Waals surface area (Å²) in [6.07, 6.45) is 7.44. The van der Waals surface area contributed by atoms with Gasteiger partial charge in [0.1, 0.15) is 11.8 Å². The predicted octanol–water partition coefficient (Wildman–Crippen LogP) is 2.15. The monoisotopic (exact) mass is 328 g/mol. The fraction of sp³-hybridized carbons (Fsp3) is 0.474. The number of carbonyl (C=O) groups is 2. The molecule has 1 saturated heterocycles. The molecular weight excluding hydrogens is 304 g/mol. The van der Waals surface area contributed by atoms with Crippen molar-refractivity contribution in [2.45, 2.75) is 38.6 Å². The molecule has 1 fully saturated rings. The molecule has 2 amide bonds. The number of ether oxygens (including phenoxy) is 1. The first-order valence-electron chi connectivity index (χ1n) is 8.66. The van der Waals surface area contributed by atoms with E-state index in [1.165, 1.54) is 18.1 Å². The molecule has 5 heteroatoms. The van der Waals surface area contributed by atoms with Crippen molar-refractivity contribution in [3.63, 3.8) is 0 Å². The summed E-state index contributed by atoms with van der Waals surface area (Å²) in [6.45, 7) is 4.06. The molecule has 0 aromatic heterocycles. The molecule has 0 saturated carbocycles. The highest BCUT2D eigenvalue weighted by Gasteiger charge is 2.22.